The van der Waals surface area contributed by atoms with Gasteiger partial charge in [0.15, 0.2) is 11.0 Å². The van der Waals surface area contributed by atoms with Gasteiger partial charge >= 0.3 is 0 Å². The van der Waals surface area contributed by atoms with Gasteiger partial charge in [-0.3, -0.25) is 19.1 Å². The van der Waals surface area contributed by atoms with Gasteiger partial charge in [-0.15, -0.1) is 0 Å². The number of aromatic amines is 1. The lowest BCUT2D eigenvalue weighted by molar-refractivity contribution is -0.124. The molecule has 0 saturated heterocycles. The second-order valence-electron chi connectivity index (χ2n) is 8.25. The predicted molar refractivity (Wildman–Crippen MR) is 127 cm³/mol. The van der Waals surface area contributed by atoms with E-state index in [9.17, 15) is 9.59 Å². The first-order chi connectivity index (χ1) is 16.0. The lowest BCUT2D eigenvalue weighted by Crippen LogP contribution is -2.36. The summed E-state index contributed by atoms with van der Waals surface area (Å²) in [4.78, 5) is 37.8. The van der Waals surface area contributed by atoms with Crippen LogP contribution in [0.3, 0.4) is 0 Å². The summed E-state index contributed by atoms with van der Waals surface area (Å²) in [6.07, 6.45) is 4.51. The van der Waals surface area contributed by atoms with Crippen LogP contribution in [0.4, 0.5) is 5.82 Å². The molecule has 0 aliphatic carbocycles. The van der Waals surface area contributed by atoms with Crippen molar-refractivity contribution in [1.29, 1.82) is 0 Å². The number of anilines is 1. The molecule has 33 heavy (non-hydrogen) atoms. The molecule has 0 radical (unpaired) electrons. The highest BCUT2D eigenvalue weighted by Gasteiger charge is 2.32. The Morgan fingerprint density at radius 1 is 1.27 bits per heavy atom. The number of rotatable bonds is 6. The van der Waals surface area contributed by atoms with Crippen molar-refractivity contribution in [3.05, 3.63) is 86.8 Å². The number of hydrogen-bond acceptors (Lipinski definition) is 5. The molecule has 1 aliphatic rings. The van der Waals surface area contributed by atoms with Crippen molar-refractivity contribution in [3.8, 4) is 0 Å². The SMILES string of the molecule is Cc1cccc(CNc2nc(Cl)c3n(c2=O)[C@H](C(=O)NCc2cc4cnccc4[nH]2)CC3)c1. The Balaban J connectivity index is 1.33. The summed E-state index contributed by atoms with van der Waals surface area (Å²) in [6, 6.07) is 11.2. The molecule has 0 unspecified atom stereocenters. The number of aromatic nitrogens is 4. The zero-order chi connectivity index (χ0) is 22.9. The maximum atomic E-state index is 13.2. The Morgan fingerprint density at radius 2 is 2.15 bits per heavy atom. The van der Waals surface area contributed by atoms with Gasteiger partial charge in [-0.25, -0.2) is 4.98 Å². The van der Waals surface area contributed by atoms with Crippen LogP contribution in [0.15, 0.2) is 53.6 Å². The lowest BCUT2D eigenvalue weighted by Gasteiger charge is -2.16. The van der Waals surface area contributed by atoms with Crippen molar-refractivity contribution in [1.82, 2.24) is 24.8 Å². The third-order valence-corrected chi connectivity index (χ3v) is 6.20. The highest BCUT2D eigenvalue weighted by atomic mass is 35.5. The second kappa shape index (κ2) is 8.71. The number of carbonyl (C=O) groups excluding carboxylic acids is 1. The van der Waals surface area contributed by atoms with Crippen LogP contribution in [0.25, 0.3) is 10.9 Å². The van der Waals surface area contributed by atoms with Crippen molar-refractivity contribution in [3.63, 3.8) is 0 Å². The van der Waals surface area contributed by atoms with Gasteiger partial charge in [-0.1, -0.05) is 41.4 Å². The van der Waals surface area contributed by atoms with Gasteiger partial charge in [0.1, 0.15) is 6.04 Å². The Morgan fingerprint density at radius 3 is 2.97 bits per heavy atom. The zero-order valence-electron chi connectivity index (χ0n) is 18.1. The van der Waals surface area contributed by atoms with E-state index in [-0.39, 0.29) is 22.4 Å². The van der Waals surface area contributed by atoms with Crippen LogP contribution in [-0.4, -0.2) is 25.4 Å². The summed E-state index contributed by atoms with van der Waals surface area (Å²) in [7, 11) is 0. The second-order valence-corrected chi connectivity index (χ2v) is 8.60. The first-order valence-corrected chi connectivity index (χ1v) is 11.2. The van der Waals surface area contributed by atoms with Gasteiger partial charge in [0.25, 0.3) is 5.56 Å². The fourth-order valence-electron chi connectivity index (χ4n) is 4.30. The van der Waals surface area contributed by atoms with Gasteiger partial charge < -0.3 is 15.6 Å². The van der Waals surface area contributed by atoms with Gasteiger partial charge in [0.05, 0.1) is 12.2 Å². The number of hydrogen-bond donors (Lipinski definition) is 3. The topological polar surface area (TPSA) is 105 Å². The van der Waals surface area contributed by atoms with E-state index >= 15 is 0 Å². The zero-order valence-corrected chi connectivity index (χ0v) is 18.8. The molecule has 4 heterocycles. The average Bonchev–Trinajstić information content (AvgIpc) is 3.44. The number of benzene rings is 1. The first kappa shape index (κ1) is 21.2. The highest BCUT2D eigenvalue weighted by Crippen LogP contribution is 2.29. The summed E-state index contributed by atoms with van der Waals surface area (Å²) in [5, 5.41) is 7.25. The molecule has 3 aromatic heterocycles. The maximum absolute atomic E-state index is 13.2. The number of nitrogens with one attached hydrogen (secondary N) is 3. The molecule has 1 aromatic carbocycles. The fourth-order valence-corrected chi connectivity index (χ4v) is 4.57. The molecule has 0 fully saturated rings. The van der Waals surface area contributed by atoms with E-state index in [0.717, 1.165) is 27.7 Å². The quantitative estimate of drug-likeness (QED) is 0.407. The molecular formula is C24H23ClN6O2. The van der Waals surface area contributed by atoms with E-state index in [0.29, 0.717) is 31.6 Å². The largest absolute Gasteiger partial charge is 0.361 e. The number of aryl methyl sites for hydroxylation is 1. The third kappa shape index (κ3) is 4.21. The van der Waals surface area contributed by atoms with Crippen LogP contribution in [0.2, 0.25) is 5.15 Å². The van der Waals surface area contributed by atoms with Gasteiger partial charge in [0, 0.05) is 35.5 Å². The lowest BCUT2D eigenvalue weighted by atomic mass is 10.1. The Hall–Kier alpha value is -3.65. The highest BCUT2D eigenvalue weighted by molar-refractivity contribution is 6.30. The molecule has 3 N–H and O–H groups in total. The number of nitrogens with zero attached hydrogens (tertiary/aromatic N) is 3. The van der Waals surface area contributed by atoms with Crippen molar-refractivity contribution in [2.45, 2.75) is 38.9 Å². The molecule has 1 atom stereocenters. The molecule has 8 nitrogen and oxygen atoms in total. The molecule has 0 saturated carbocycles. The first-order valence-electron chi connectivity index (χ1n) is 10.8. The monoisotopic (exact) mass is 462 g/mol. The normalized spacial score (nSPS) is 14.9. The molecule has 5 rings (SSSR count). The number of pyridine rings is 1. The van der Waals surface area contributed by atoms with Crippen LogP contribution < -0.4 is 16.2 Å². The molecule has 4 aromatic rings. The van der Waals surface area contributed by atoms with Gasteiger partial charge in [-0.05, 0) is 37.5 Å². The van der Waals surface area contributed by atoms with E-state index in [4.69, 9.17) is 11.6 Å². The summed E-state index contributed by atoms with van der Waals surface area (Å²) in [5.41, 5.74) is 4.25. The average molecular weight is 463 g/mol. The molecular weight excluding hydrogens is 440 g/mol. The van der Waals surface area contributed by atoms with Crippen molar-refractivity contribution in [2.75, 3.05) is 5.32 Å². The van der Waals surface area contributed by atoms with Crippen molar-refractivity contribution < 1.29 is 4.79 Å². The number of fused-ring (bicyclic) bond motifs is 2. The number of amides is 1. The third-order valence-electron chi connectivity index (χ3n) is 5.90. The van der Waals surface area contributed by atoms with Crippen molar-refractivity contribution in [2.24, 2.45) is 0 Å². The van der Waals surface area contributed by atoms with Crippen LogP contribution in [0.5, 0.6) is 0 Å². The van der Waals surface area contributed by atoms with Crippen LogP contribution in [0.1, 0.15) is 35.0 Å². The standard InChI is InChI=1S/C24H23ClN6O2/c1-14-3-2-4-15(9-14)11-27-22-24(33)31-19(21(25)30-22)5-6-20(31)23(32)28-13-17-10-16-12-26-8-7-18(16)29-17/h2-4,7-10,12,20,29H,5-6,11,13H2,1H3,(H,27,30)(H,28,32)/t20-/m0/s1. The molecule has 9 heteroatoms. The van der Waals surface area contributed by atoms with E-state index in [1.165, 1.54) is 4.57 Å². The van der Waals surface area contributed by atoms with Crippen LogP contribution >= 0.6 is 11.6 Å². The molecule has 0 spiro atoms. The van der Waals surface area contributed by atoms with E-state index in [1.807, 2.05) is 43.3 Å². The Kier molecular flexibility index (Phi) is 5.60. The van der Waals surface area contributed by atoms with Gasteiger partial charge in [0.2, 0.25) is 5.91 Å². The molecule has 0 bridgehead atoms. The van der Waals surface area contributed by atoms with Crippen LogP contribution in [0, 0.1) is 6.92 Å². The molecule has 1 aliphatic heterocycles. The number of carbonyl (C=O) groups is 1. The Labute approximate surface area is 195 Å². The van der Waals surface area contributed by atoms with Crippen LogP contribution in [-0.2, 0) is 24.3 Å². The van der Waals surface area contributed by atoms with E-state index in [1.54, 1.807) is 12.4 Å². The van der Waals surface area contributed by atoms with E-state index in [2.05, 4.69) is 25.6 Å². The smallest absolute Gasteiger partial charge is 0.294 e. The molecule has 168 valence electrons. The Bertz CT molecular complexity index is 1380. The summed E-state index contributed by atoms with van der Waals surface area (Å²) >= 11 is 6.39. The summed E-state index contributed by atoms with van der Waals surface area (Å²) in [5.74, 6) is -0.0763. The number of halogens is 1. The summed E-state index contributed by atoms with van der Waals surface area (Å²) in [6.45, 7) is 2.77. The fraction of sp³-hybridized carbons (Fsp3) is 0.250. The molecule has 1 amide bonds. The van der Waals surface area contributed by atoms with Gasteiger partial charge in [-0.2, -0.15) is 0 Å². The minimum absolute atomic E-state index is 0.146. The van der Waals surface area contributed by atoms with E-state index < -0.39 is 6.04 Å². The minimum Gasteiger partial charge on any atom is -0.361 e. The van der Waals surface area contributed by atoms with Crippen molar-refractivity contribution >= 4 is 34.2 Å². The minimum atomic E-state index is -0.626. The maximum Gasteiger partial charge on any atom is 0.294 e. The number of H-pyrrole nitrogens is 1. The summed E-state index contributed by atoms with van der Waals surface area (Å²) < 4.78 is 1.48. The predicted octanol–water partition coefficient (Wildman–Crippen LogP) is 3.50.